The molecule has 0 saturated carbocycles. The highest BCUT2D eigenvalue weighted by molar-refractivity contribution is 5.27. The molecule has 1 aliphatic rings. The first-order valence-corrected chi connectivity index (χ1v) is 7.79. The Morgan fingerprint density at radius 1 is 1.50 bits per heavy atom. The van der Waals surface area contributed by atoms with Crippen LogP contribution in [0.1, 0.15) is 57.2 Å². The van der Waals surface area contributed by atoms with Gasteiger partial charge in [-0.05, 0) is 57.7 Å². The van der Waals surface area contributed by atoms with E-state index in [4.69, 9.17) is 4.74 Å². The zero-order valence-corrected chi connectivity index (χ0v) is 13.3. The smallest absolute Gasteiger partial charge is 0.0637 e. The minimum absolute atomic E-state index is 0.0980. The molecule has 112 valence electrons. The van der Waals surface area contributed by atoms with Crippen molar-refractivity contribution in [2.75, 3.05) is 13.7 Å². The molecule has 0 fully saturated rings. The average Bonchev–Trinajstić information content (AvgIpc) is 2.46. The number of aryl methyl sites for hydroxylation is 1. The van der Waals surface area contributed by atoms with Crippen LogP contribution in [0, 0.1) is 0 Å². The molecule has 1 heterocycles. The fourth-order valence-corrected chi connectivity index (χ4v) is 3.27. The van der Waals surface area contributed by atoms with Crippen LogP contribution < -0.4 is 5.32 Å². The van der Waals surface area contributed by atoms with E-state index in [0.717, 1.165) is 13.0 Å². The molecule has 0 radical (unpaired) electrons. The lowest BCUT2D eigenvalue weighted by atomic mass is 9.78. The minimum Gasteiger partial charge on any atom is -0.379 e. The van der Waals surface area contributed by atoms with Gasteiger partial charge in [-0.25, -0.2) is 0 Å². The number of rotatable bonds is 6. The molecule has 1 aromatic rings. The Bertz CT molecular complexity index is 431. The summed E-state index contributed by atoms with van der Waals surface area (Å²) in [5, 5.41) is 3.66. The van der Waals surface area contributed by atoms with Gasteiger partial charge in [0.1, 0.15) is 0 Å². The highest BCUT2D eigenvalue weighted by atomic mass is 16.5. The Labute approximate surface area is 123 Å². The number of hydrogen-bond donors (Lipinski definition) is 1. The summed E-state index contributed by atoms with van der Waals surface area (Å²) in [6, 6.07) is 4.73. The fourth-order valence-electron chi connectivity index (χ4n) is 3.27. The standard InChI is InChI=1S/C17H28N2O/c1-5-18-15(12-17(2,3)20-4)14-10-6-8-13-9-7-11-19-16(13)14/h7,9,11,14-15,18H,5-6,8,10,12H2,1-4H3. The second kappa shape index (κ2) is 6.68. The van der Waals surface area contributed by atoms with Gasteiger partial charge in [0.15, 0.2) is 0 Å². The van der Waals surface area contributed by atoms with E-state index in [1.165, 1.54) is 30.5 Å². The van der Waals surface area contributed by atoms with Crippen molar-refractivity contribution in [1.82, 2.24) is 10.3 Å². The summed E-state index contributed by atoms with van der Waals surface area (Å²) in [7, 11) is 1.80. The third-order valence-electron chi connectivity index (χ3n) is 4.45. The van der Waals surface area contributed by atoms with Crippen molar-refractivity contribution >= 4 is 0 Å². The maximum atomic E-state index is 5.63. The number of methoxy groups -OCH3 is 1. The summed E-state index contributed by atoms with van der Waals surface area (Å²) >= 11 is 0. The number of hydrogen-bond acceptors (Lipinski definition) is 3. The number of pyridine rings is 1. The van der Waals surface area contributed by atoms with Gasteiger partial charge in [0.05, 0.1) is 5.60 Å². The summed E-state index contributed by atoms with van der Waals surface area (Å²) in [6.45, 7) is 7.50. The average molecular weight is 276 g/mol. The lowest BCUT2D eigenvalue weighted by Gasteiger charge is -2.36. The molecule has 20 heavy (non-hydrogen) atoms. The first-order chi connectivity index (χ1) is 9.57. The predicted molar refractivity (Wildman–Crippen MR) is 83.1 cm³/mol. The Morgan fingerprint density at radius 2 is 2.30 bits per heavy atom. The number of aromatic nitrogens is 1. The largest absolute Gasteiger partial charge is 0.379 e. The first kappa shape index (κ1) is 15.5. The van der Waals surface area contributed by atoms with Crippen LogP contribution in [0.5, 0.6) is 0 Å². The molecule has 0 saturated heterocycles. The van der Waals surface area contributed by atoms with Gasteiger partial charge in [-0.1, -0.05) is 13.0 Å². The van der Waals surface area contributed by atoms with Crippen molar-refractivity contribution < 1.29 is 4.74 Å². The minimum atomic E-state index is -0.0980. The molecular formula is C17H28N2O. The lowest BCUT2D eigenvalue weighted by Crippen LogP contribution is -2.42. The summed E-state index contributed by atoms with van der Waals surface area (Å²) in [4.78, 5) is 4.68. The topological polar surface area (TPSA) is 34.1 Å². The molecule has 1 aromatic heterocycles. The van der Waals surface area contributed by atoms with Crippen molar-refractivity contribution in [3.8, 4) is 0 Å². The normalized spacial score (nSPS) is 20.5. The van der Waals surface area contributed by atoms with Gasteiger partial charge in [0.25, 0.3) is 0 Å². The second-order valence-electron chi connectivity index (χ2n) is 6.38. The molecular weight excluding hydrogens is 248 g/mol. The Balaban J connectivity index is 2.22. The fraction of sp³-hybridized carbons (Fsp3) is 0.706. The van der Waals surface area contributed by atoms with Gasteiger partial charge >= 0.3 is 0 Å². The number of fused-ring (bicyclic) bond motifs is 1. The zero-order chi connectivity index (χ0) is 14.6. The van der Waals surface area contributed by atoms with Crippen LogP contribution in [-0.4, -0.2) is 30.3 Å². The van der Waals surface area contributed by atoms with Crippen LogP contribution in [0.2, 0.25) is 0 Å². The van der Waals surface area contributed by atoms with Crippen molar-refractivity contribution in [3.63, 3.8) is 0 Å². The first-order valence-electron chi connectivity index (χ1n) is 7.79. The molecule has 2 atom stereocenters. The Morgan fingerprint density at radius 3 is 3.00 bits per heavy atom. The van der Waals surface area contributed by atoms with Crippen LogP contribution in [-0.2, 0) is 11.2 Å². The van der Waals surface area contributed by atoms with E-state index in [1.807, 2.05) is 6.20 Å². The molecule has 3 heteroatoms. The second-order valence-corrected chi connectivity index (χ2v) is 6.38. The Hall–Kier alpha value is -0.930. The van der Waals surface area contributed by atoms with Crippen LogP contribution in [0.3, 0.4) is 0 Å². The summed E-state index contributed by atoms with van der Waals surface area (Å²) in [5.41, 5.74) is 2.64. The van der Waals surface area contributed by atoms with Crippen molar-refractivity contribution in [2.24, 2.45) is 0 Å². The molecule has 2 unspecified atom stereocenters. The van der Waals surface area contributed by atoms with E-state index < -0.39 is 0 Å². The van der Waals surface area contributed by atoms with Gasteiger partial charge in [0.2, 0.25) is 0 Å². The molecule has 3 nitrogen and oxygen atoms in total. The molecule has 1 N–H and O–H groups in total. The molecule has 1 aliphatic carbocycles. The van der Waals surface area contributed by atoms with Crippen LogP contribution in [0.4, 0.5) is 0 Å². The maximum absolute atomic E-state index is 5.63. The molecule has 0 bridgehead atoms. The molecule has 2 rings (SSSR count). The van der Waals surface area contributed by atoms with Gasteiger partial charge < -0.3 is 10.1 Å². The van der Waals surface area contributed by atoms with Crippen molar-refractivity contribution in [2.45, 2.75) is 64.0 Å². The summed E-state index contributed by atoms with van der Waals surface area (Å²) < 4.78 is 5.63. The lowest BCUT2D eigenvalue weighted by molar-refractivity contribution is 0.00411. The van der Waals surface area contributed by atoms with Crippen molar-refractivity contribution in [3.05, 3.63) is 29.6 Å². The van der Waals surface area contributed by atoms with E-state index in [1.54, 1.807) is 7.11 Å². The van der Waals surface area contributed by atoms with Gasteiger partial charge in [0, 0.05) is 31.0 Å². The zero-order valence-electron chi connectivity index (χ0n) is 13.3. The van der Waals surface area contributed by atoms with Gasteiger partial charge in [-0.15, -0.1) is 0 Å². The van der Waals surface area contributed by atoms with Crippen molar-refractivity contribution in [1.29, 1.82) is 0 Å². The number of nitrogens with one attached hydrogen (secondary N) is 1. The van der Waals surface area contributed by atoms with Crippen LogP contribution in [0.25, 0.3) is 0 Å². The maximum Gasteiger partial charge on any atom is 0.0637 e. The number of ether oxygens (including phenoxy) is 1. The highest BCUT2D eigenvalue weighted by Crippen LogP contribution is 2.35. The van der Waals surface area contributed by atoms with E-state index in [-0.39, 0.29) is 5.60 Å². The summed E-state index contributed by atoms with van der Waals surface area (Å²) in [5.74, 6) is 0.509. The Kier molecular flexibility index (Phi) is 5.17. The molecule has 0 spiro atoms. The highest BCUT2D eigenvalue weighted by Gasteiger charge is 2.32. The van der Waals surface area contributed by atoms with E-state index in [9.17, 15) is 0 Å². The summed E-state index contributed by atoms with van der Waals surface area (Å²) in [6.07, 6.45) is 6.60. The quantitative estimate of drug-likeness (QED) is 0.865. The van der Waals surface area contributed by atoms with E-state index in [0.29, 0.717) is 12.0 Å². The SMILES string of the molecule is CCNC(CC(C)(C)OC)C1CCCc2cccnc21. The van der Waals surface area contributed by atoms with E-state index in [2.05, 4.69) is 43.2 Å². The van der Waals surface area contributed by atoms with Crippen LogP contribution >= 0.6 is 0 Å². The third kappa shape index (κ3) is 3.58. The predicted octanol–water partition coefficient (Wildman–Crippen LogP) is 3.29. The molecule has 0 amide bonds. The van der Waals surface area contributed by atoms with Gasteiger partial charge in [-0.2, -0.15) is 0 Å². The number of likely N-dealkylation sites (N-methyl/N-ethyl adjacent to an activating group) is 1. The van der Waals surface area contributed by atoms with Crippen LogP contribution in [0.15, 0.2) is 18.3 Å². The van der Waals surface area contributed by atoms with Gasteiger partial charge in [-0.3, -0.25) is 4.98 Å². The molecule has 0 aliphatic heterocycles. The third-order valence-corrected chi connectivity index (χ3v) is 4.45. The monoisotopic (exact) mass is 276 g/mol. The van der Waals surface area contributed by atoms with E-state index >= 15 is 0 Å². The molecule has 0 aromatic carbocycles. The number of nitrogens with zero attached hydrogens (tertiary/aromatic N) is 1.